The lowest BCUT2D eigenvalue weighted by Gasteiger charge is -2.26. The summed E-state index contributed by atoms with van der Waals surface area (Å²) >= 11 is 0. The minimum atomic E-state index is -0.846. The van der Waals surface area contributed by atoms with E-state index >= 15 is 0 Å². The standard InChI is InChI=1S/C29H30N2O4/c1-4-5-8-17-35-22-14-12-21(13-15-22)27(32)25-26(23-9-6-7-16-30-23)31(29(34)28(25)33)24-18-19(2)10-11-20(24)3/h6-7,9-16,18,26,32H,4-5,8,17H2,1-3H3/b27-25+. The van der Waals surface area contributed by atoms with E-state index in [1.807, 2.05) is 32.0 Å². The summed E-state index contributed by atoms with van der Waals surface area (Å²) in [6, 6.07) is 17.2. The van der Waals surface area contributed by atoms with Gasteiger partial charge in [0.1, 0.15) is 17.6 Å². The molecular weight excluding hydrogens is 440 g/mol. The molecule has 3 aromatic rings. The van der Waals surface area contributed by atoms with E-state index in [9.17, 15) is 14.7 Å². The van der Waals surface area contributed by atoms with Crippen LogP contribution in [0.1, 0.15) is 54.6 Å². The topological polar surface area (TPSA) is 79.7 Å². The number of hydrogen-bond acceptors (Lipinski definition) is 5. The molecule has 0 saturated carbocycles. The van der Waals surface area contributed by atoms with Gasteiger partial charge in [0.2, 0.25) is 0 Å². The zero-order chi connectivity index (χ0) is 24.9. The van der Waals surface area contributed by atoms with Crippen molar-refractivity contribution in [2.75, 3.05) is 11.5 Å². The third-order valence-corrected chi connectivity index (χ3v) is 6.18. The summed E-state index contributed by atoms with van der Waals surface area (Å²) in [5.41, 5.74) is 3.39. The smallest absolute Gasteiger partial charge is 0.300 e. The van der Waals surface area contributed by atoms with Gasteiger partial charge in [0, 0.05) is 17.4 Å². The maximum Gasteiger partial charge on any atom is 0.300 e. The van der Waals surface area contributed by atoms with E-state index < -0.39 is 17.7 Å². The van der Waals surface area contributed by atoms with Crippen LogP contribution in [-0.2, 0) is 9.59 Å². The summed E-state index contributed by atoms with van der Waals surface area (Å²) < 4.78 is 5.76. The average molecular weight is 471 g/mol. The van der Waals surface area contributed by atoms with Crippen LogP contribution in [0, 0.1) is 13.8 Å². The van der Waals surface area contributed by atoms with Gasteiger partial charge in [-0.05, 0) is 73.9 Å². The van der Waals surface area contributed by atoms with Crippen molar-refractivity contribution in [1.82, 2.24) is 4.98 Å². The van der Waals surface area contributed by atoms with E-state index in [1.54, 1.807) is 48.7 Å². The number of aryl methyl sites for hydroxylation is 2. The van der Waals surface area contributed by atoms with E-state index in [-0.39, 0.29) is 11.3 Å². The summed E-state index contributed by atoms with van der Waals surface area (Å²) in [6.45, 7) is 6.59. The molecule has 1 aliphatic rings. The van der Waals surface area contributed by atoms with Crippen LogP contribution in [0.25, 0.3) is 5.76 Å². The van der Waals surface area contributed by atoms with Crippen LogP contribution >= 0.6 is 0 Å². The molecule has 1 fully saturated rings. The number of anilines is 1. The Hall–Kier alpha value is -3.93. The van der Waals surface area contributed by atoms with Crippen molar-refractivity contribution in [3.8, 4) is 5.75 Å². The van der Waals surface area contributed by atoms with Gasteiger partial charge >= 0.3 is 0 Å². The van der Waals surface area contributed by atoms with Crippen molar-refractivity contribution in [2.45, 2.75) is 46.1 Å². The summed E-state index contributed by atoms with van der Waals surface area (Å²) in [5, 5.41) is 11.3. The van der Waals surface area contributed by atoms with Gasteiger partial charge in [0.25, 0.3) is 11.7 Å². The Balaban J connectivity index is 1.77. The number of aliphatic hydroxyl groups is 1. The third kappa shape index (κ3) is 4.97. The Morgan fingerprint density at radius 1 is 1.03 bits per heavy atom. The molecule has 2 aromatic carbocycles. The van der Waals surface area contributed by atoms with Gasteiger partial charge < -0.3 is 9.84 Å². The molecule has 0 radical (unpaired) electrons. The monoisotopic (exact) mass is 470 g/mol. The molecule has 2 heterocycles. The first-order valence-electron chi connectivity index (χ1n) is 11.9. The molecular formula is C29H30N2O4. The Kier molecular flexibility index (Phi) is 7.30. The Morgan fingerprint density at radius 3 is 2.49 bits per heavy atom. The van der Waals surface area contributed by atoms with Crippen LogP contribution < -0.4 is 9.64 Å². The number of benzene rings is 2. The second-order valence-corrected chi connectivity index (χ2v) is 8.79. The number of ether oxygens (including phenoxy) is 1. The molecule has 1 unspecified atom stereocenters. The van der Waals surface area contributed by atoms with Crippen LogP contribution in [0.5, 0.6) is 5.75 Å². The molecule has 6 nitrogen and oxygen atoms in total. The van der Waals surface area contributed by atoms with Gasteiger partial charge in [-0.1, -0.05) is 38.0 Å². The Bertz CT molecular complexity index is 1250. The van der Waals surface area contributed by atoms with Crippen molar-refractivity contribution < 1.29 is 19.4 Å². The first-order chi connectivity index (χ1) is 16.9. The average Bonchev–Trinajstić information content (AvgIpc) is 3.14. The third-order valence-electron chi connectivity index (χ3n) is 6.18. The molecule has 1 aliphatic heterocycles. The number of ketones is 1. The van der Waals surface area contributed by atoms with E-state index in [0.29, 0.717) is 29.3 Å². The number of unbranched alkanes of at least 4 members (excludes halogenated alkanes) is 2. The molecule has 0 aliphatic carbocycles. The minimum Gasteiger partial charge on any atom is -0.507 e. The molecule has 180 valence electrons. The second-order valence-electron chi connectivity index (χ2n) is 8.79. The molecule has 0 spiro atoms. The molecule has 4 rings (SSSR count). The molecule has 35 heavy (non-hydrogen) atoms. The van der Waals surface area contributed by atoms with Gasteiger partial charge in [-0.3, -0.25) is 19.5 Å². The highest BCUT2D eigenvalue weighted by Gasteiger charge is 2.48. The van der Waals surface area contributed by atoms with Gasteiger partial charge in [-0.2, -0.15) is 0 Å². The van der Waals surface area contributed by atoms with Crippen molar-refractivity contribution in [2.24, 2.45) is 0 Å². The maximum absolute atomic E-state index is 13.3. The summed E-state index contributed by atoms with van der Waals surface area (Å²) in [4.78, 5) is 32.5. The van der Waals surface area contributed by atoms with E-state index in [1.165, 1.54) is 4.90 Å². The lowest BCUT2D eigenvalue weighted by atomic mass is 9.97. The van der Waals surface area contributed by atoms with E-state index in [2.05, 4.69) is 11.9 Å². The van der Waals surface area contributed by atoms with Crippen molar-refractivity contribution in [3.05, 3.63) is 94.8 Å². The number of nitrogens with zero attached hydrogens (tertiary/aromatic N) is 2. The van der Waals surface area contributed by atoms with Crippen LogP contribution in [0.2, 0.25) is 0 Å². The van der Waals surface area contributed by atoms with Gasteiger partial charge in [-0.15, -0.1) is 0 Å². The van der Waals surface area contributed by atoms with Crippen LogP contribution in [0.15, 0.2) is 72.4 Å². The molecule has 1 N–H and O–H groups in total. The highest BCUT2D eigenvalue weighted by molar-refractivity contribution is 6.51. The molecule has 1 saturated heterocycles. The van der Waals surface area contributed by atoms with E-state index in [4.69, 9.17) is 4.74 Å². The number of amides is 1. The van der Waals surface area contributed by atoms with Gasteiger partial charge in [0.15, 0.2) is 0 Å². The molecule has 1 amide bonds. The fourth-order valence-corrected chi connectivity index (χ4v) is 4.28. The number of hydrogen-bond donors (Lipinski definition) is 1. The fourth-order valence-electron chi connectivity index (χ4n) is 4.28. The lowest BCUT2D eigenvalue weighted by Crippen LogP contribution is -2.30. The van der Waals surface area contributed by atoms with Crippen molar-refractivity contribution in [1.29, 1.82) is 0 Å². The number of pyridine rings is 1. The molecule has 1 aromatic heterocycles. The predicted molar refractivity (Wildman–Crippen MR) is 136 cm³/mol. The number of carbonyl (C=O) groups excluding carboxylic acids is 2. The normalized spacial score (nSPS) is 17.1. The molecule has 6 heteroatoms. The second kappa shape index (κ2) is 10.6. The van der Waals surface area contributed by atoms with Crippen LogP contribution in [-0.4, -0.2) is 28.4 Å². The van der Waals surface area contributed by atoms with Crippen LogP contribution in [0.4, 0.5) is 5.69 Å². The van der Waals surface area contributed by atoms with Gasteiger partial charge in [0.05, 0.1) is 17.9 Å². The summed E-state index contributed by atoms with van der Waals surface area (Å²) in [7, 11) is 0. The number of aromatic nitrogens is 1. The SMILES string of the molecule is CCCCCOc1ccc(/C(O)=C2\C(=O)C(=O)N(c3cc(C)ccc3C)C2c2ccccn2)cc1. The van der Waals surface area contributed by atoms with Gasteiger partial charge in [-0.25, -0.2) is 0 Å². The van der Waals surface area contributed by atoms with E-state index in [0.717, 1.165) is 30.4 Å². The first-order valence-corrected chi connectivity index (χ1v) is 11.9. The number of aliphatic hydroxyl groups excluding tert-OH is 1. The quantitative estimate of drug-likeness (QED) is 0.192. The van der Waals surface area contributed by atoms with Crippen molar-refractivity contribution >= 4 is 23.1 Å². The number of carbonyl (C=O) groups is 2. The highest BCUT2D eigenvalue weighted by Crippen LogP contribution is 2.42. The lowest BCUT2D eigenvalue weighted by molar-refractivity contribution is -0.132. The number of rotatable bonds is 8. The highest BCUT2D eigenvalue weighted by atomic mass is 16.5. The fraction of sp³-hybridized carbons (Fsp3) is 0.276. The Morgan fingerprint density at radius 2 is 1.80 bits per heavy atom. The van der Waals surface area contributed by atoms with Crippen LogP contribution in [0.3, 0.4) is 0 Å². The first kappa shape index (κ1) is 24.2. The van der Waals surface area contributed by atoms with Crippen molar-refractivity contribution in [3.63, 3.8) is 0 Å². The Labute approximate surface area is 205 Å². The predicted octanol–water partition coefficient (Wildman–Crippen LogP) is 5.89. The maximum atomic E-state index is 13.3. The molecule has 0 bridgehead atoms. The zero-order valence-electron chi connectivity index (χ0n) is 20.3. The largest absolute Gasteiger partial charge is 0.507 e. The molecule has 1 atom stereocenters. The summed E-state index contributed by atoms with van der Waals surface area (Å²) in [5.74, 6) is -0.968. The number of Topliss-reactive ketones (excluding diaryl/α,β-unsaturated/α-hetero) is 1. The minimum absolute atomic E-state index is 0.0196. The summed E-state index contributed by atoms with van der Waals surface area (Å²) in [6.07, 6.45) is 4.81. The zero-order valence-corrected chi connectivity index (χ0v) is 20.3.